The van der Waals surface area contributed by atoms with Crippen molar-refractivity contribution in [2.75, 3.05) is 11.1 Å². The molecule has 0 aromatic heterocycles. The van der Waals surface area contributed by atoms with E-state index < -0.39 is 10.1 Å². The van der Waals surface area contributed by atoms with Crippen LogP contribution >= 0.6 is 15.9 Å². The van der Waals surface area contributed by atoms with Crippen LogP contribution in [0.5, 0.6) is 0 Å². The number of alkyl halides is 1. The SMILES string of the molecule is O=S(=O)(O)CCCBr.[NaH]. The Kier molecular flexibility index (Phi) is 8.85. The van der Waals surface area contributed by atoms with Crippen LogP contribution in [0.1, 0.15) is 6.42 Å². The Balaban J connectivity index is 0. The summed E-state index contributed by atoms with van der Waals surface area (Å²) in [5.41, 5.74) is 0. The molecule has 0 radical (unpaired) electrons. The second kappa shape index (κ2) is 6.12. The van der Waals surface area contributed by atoms with Gasteiger partial charge in [0.1, 0.15) is 0 Å². The van der Waals surface area contributed by atoms with Gasteiger partial charge in [-0.05, 0) is 6.42 Å². The summed E-state index contributed by atoms with van der Waals surface area (Å²) < 4.78 is 27.9. The van der Waals surface area contributed by atoms with E-state index in [0.29, 0.717) is 11.8 Å². The third kappa shape index (κ3) is 12.6. The Morgan fingerprint density at radius 1 is 1.44 bits per heavy atom. The summed E-state index contributed by atoms with van der Waals surface area (Å²) in [6, 6.07) is 0. The molecule has 0 aromatic rings. The van der Waals surface area contributed by atoms with Gasteiger partial charge in [-0.25, -0.2) is 0 Å². The molecular weight excluding hydrogens is 219 g/mol. The molecule has 0 rings (SSSR count). The van der Waals surface area contributed by atoms with Crippen molar-refractivity contribution in [3.05, 3.63) is 0 Å². The third-order valence-corrected chi connectivity index (χ3v) is 1.90. The van der Waals surface area contributed by atoms with Crippen molar-refractivity contribution in [2.45, 2.75) is 6.42 Å². The Morgan fingerprint density at radius 2 is 1.89 bits per heavy atom. The predicted molar refractivity (Wildman–Crippen MR) is 42.0 cm³/mol. The minimum absolute atomic E-state index is 0. The molecule has 0 saturated heterocycles. The summed E-state index contributed by atoms with van der Waals surface area (Å²) >= 11 is 3.03. The van der Waals surface area contributed by atoms with Crippen LogP contribution in [0.4, 0.5) is 0 Å². The van der Waals surface area contributed by atoms with Crippen molar-refractivity contribution < 1.29 is 13.0 Å². The Morgan fingerprint density at radius 3 is 2.00 bits per heavy atom. The van der Waals surface area contributed by atoms with Crippen molar-refractivity contribution in [1.29, 1.82) is 0 Å². The third-order valence-electron chi connectivity index (χ3n) is 0.536. The molecule has 52 valence electrons. The number of halogens is 1. The van der Waals surface area contributed by atoms with Crippen LogP contribution in [0, 0.1) is 0 Å². The van der Waals surface area contributed by atoms with Gasteiger partial charge in [0.15, 0.2) is 0 Å². The summed E-state index contributed by atoms with van der Waals surface area (Å²) in [5, 5.41) is 0.604. The molecule has 0 bridgehead atoms. The zero-order chi connectivity index (χ0) is 6.62. The van der Waals surface area contributed by atoms with Gasteiger partial charge in [0, 0.05) is 5.33 Å². The van der Waals surface area contributed by atoms with Crippen LogP contribution < -0.4 is 0 Å². The zero-order valence-corrected chi connectivity index (χ0v) is 6.57. The van der Waals surface area contributed by atoms with E-state index in [0.717, 1.165) is 0 Å². The van der Waals surface area contributed by atoms with E-state index in [9.17, 15) is 8.42 Å². The van der Waals surface area contributed by atoms with Crippen LogP contribution in [-0.4, -0.2) is 53.6 Å². The number of rotatable bonds is 3. The van der Waals surface area contributed by atoms with Crippen LogP contribution in [-0.2, 0) is 10.1 Å². The first-order valence-corrected chi connectivity index (χ1v) is 4.80. The molecular formula is C3H8BrNaO3S. The fraction of sp³-hybridized carbons (Fsp3) is 1.00. The molecule has 0 unspecified atom stereocenters. The molecule has 0 atom stereocenters. The second-order valence-corrected chi connectivity index (χ2v) is 3.69. The monoisotopic (exact) mass is 226 g/mol. The maximum absolute atomic E-state index is 9.92. The molecule has 9 heavy (non-hydrogen) atoms. The molecule has 0 aliphatic heterocycles. The van der Waals surface area contributed by atoms with E-state index in [1.165, 1.54) is 0 Å². The fourth-order valence-corrected chi connectivity index (χ4v) is 1.40. The summed E-state index contributed by atoms with van der Waals surface area (Å²) in [5.74, 6) is -0.155. The Hall–Kier alpha value is 1.39. The Bertz CT molecular complexity index is 143. The first-order chi connectivity index (χ1) is 3.56. The molecule has 0 heterocycles. The topological polar surface area (TPSA) is 54.4 Å². The summed E-state index contributed by atoms with van der Waals surface area (Å²) in [6.07, 6.45) is 0.457. The van der Waals surface area contributed by atoms with Crippen molar-refractivity contribution in [2.24, 2.45) is 0 Å². The normalized spacial score (nSPS) is 10.4. The van der Waals surface area contributed by atoms with E-state index in [2.05, 4.69) is 15.9 Å². The second-order valence-electron chi connectivity index (χ2n) is 1.33. The minimum atomic E-state index is -3.72. The molecule has 1 N–H and O–H groups in total. The number of hydrogen-bond acceptors (Lipinski definition) is 2. The first kappa shape index (κ1) is 13.0. The van der Waals surface area contributed by atoms with Crippen molar-refractivity contribution in [3.8, 4) is 0 Å². The van der Waals surface area contributed by atoms with Gasteiger partial charge in [0.2, 0.25) is 0 Å². The Labute approximate surface area is 85.4 Å². The van der Waals surface area contributed by atoms with E-state index in [1.54, 1.807) is 0 Å². The van der Waals surface area contributed by atoms with Crippen LogP contribution in [0.25, 0.3) is 0 Å². The summed E-state index contributed by atoms with van der Waals surface area (Å²) in [6.45, 7) is 0. The molecule has 6 heteroatoms. The van der Waals surface area contributed by atoms with Crippen LogP contribution in [0.3, 0.4) is 0 Å². The van der Waals surface area contributed by atoms with E-state index in [1.807, 2.05) is 0 Å². The molecule has 0 aliphatic rings. The van der Waals surface area contributed by atoms with E-state index >= 15 is 0 Å². The predicted octanol–water partition coefficient (Wildman–Crippen LogP) is 0.0107. The van der Waals surface area contributed by atoms with Gasteiger partial charge < -0.3 is 0 Å². The molecule has 0 spiro atoms. The van der Waals surface area contributed by atoms with Gasteiger partial charge in [-0.1, -0.05) is 15.9 Å². The van der Waals surface area contributed by atoms with Gasteiger partial charge in [-0.15, -0.1) is 0 Å². The average molecular weight is 227 g/mol. The summed E-state index contributed by atoms with van der Waals surface area (Å²) in [7, 11) is -3.72. The first-order valence-electron chi connectivity index (χ1n) is 2.07. The van der Waals surface area contributed by atoms with Gasteiger partial charge in [0.05, 0.1) is 5.75 Å². The van der Waals surface area contributed by atoms with E-state index in [4.69, 9.17) is 4.55 Å². The zero-order valence-electron chi connectivity index (χ0n) is 4.17. The molecule has 0 aromatic carbocycles. The van der Waals surface area contributed by atoms with Gasteiger partial charge >= 0.3 is 29.6 Å². The van der Waals surface area contributed by atoms with Gasteiger partial charge in [-0.3, -0.25) is 4.55 Å². The van der Waals surface area contributed by atoms with Crippen molar-refractivity contribution in [3.63, 3.8) is 0 Å². The maximum atomic E-state index is 9.92. The molecule has 0 saturated carbocycles. The summed E-state index contributed by atoms with van der Waals surface area (Å²) in [4.78, 5) is 0. The average Bonchev–Trinajstić information content (AvgIpc) is 1.59. The molecule has 0 amide bonds. The van der Waals surface area contributed by atoms with E-state index in [-0.39, 0.29) is 35.3 Å². The molecule has 0 fully saturated rings. The van der Waals surface area contributed by atoms with Gasteiger partial charge in [0.25, 0.3) is 10.1 Å². The fourth-order valence-electron chi connectivity index (χ4n) is 0.237. The van der Waals surface area contributed by atoms with Gasteiger partial charge in [-0.2, -0.15) is 8.42 Å². The molecule has 0 aliphatic carbocycles. The van der Waals surface area contributed by atoms with Crippen LogP contribution in [0.2, 0.25) is 0 Å². The quantitative estimate of drug-likeness (QED) is 0.419. The van der Waals surface area contributed by atoms with Crippen molar-refractivity contribution in [1.82, 2.24) is 0 Å². The molecule has 3 nitrogen and oxygen atoms in total. The van der Waals surface area contributed by atoms with Crippen molar-refractivity contribution >= 4 is 55.6 Å². The number of hydrogen-bond donors (Lipinski definition) is 1. The van der Waals surface area contributed by atoms with Crippen LogP contribution in [0.15, 0.2) is 0 Å². The standard InChI is InChI=1S/C3H7BrO3S.Na.H/c4-2-1-3-8(5,6)7;;/h1-3H2,(H,5,6,7);;.